The molecule has 1 aromatic heterocycles. The fourth-order valence-corrected chi connectivity index (χ4v) is 1.86. The van der Waals surface area contributed by atoms with Gasteiger partial charge in [0.05, 0.1) is 0 Å². The summed E-state index contributed by atoms with van der Waals surface area (Å²) < 4.78 is 11.0. The predicted octanol–water partition coefficient (Wildman–Crippen LogP) is 0.744. The van der Waals surface area contributed by atoms with Gasteiger partial charge in [0.1, 0.15) is 19.0 Å². The second-order valence-electron chi connectivity index (χ2n) is 4.00. The number of aromatic nitrogens is 3. The van der Waals surface area contributed by atoms with Crippen LogP contribution in [0.15, 0.2) is 18.2 Å². The zero-order valence-corrected chi connectivity index (χ0v) is 9.85. The lowest BCUT2D eigenvalue weighted by Crippen LogP contribution is -2.15. The van der Waals surface area contributed by atoms with E-state index in [1.807, 2.05) is 18.2 Å². The average Bonchev–Trinajstić information content (AvgIpc) is 2.87. The van der Waals surface area contributed by atoms with Gasteiger partial charge in [-0.25, -0.2) is 4.98 Å². The molecule has 6 nitrogen and oxygen atoms in total. The van der Waals surface area contributed by atoms with Gasteiger partial charge in [0, 0.05) is 12.0 Å². The summed E-state index contributed by atoms with van der Waals surface area (Å²) in [5.41, 5.74) is 6.38. The van der Waals surface area contributed by atoms with E-state index in [0.717, 1.165) is 22.9 Å². The molecule has 1 aromatic carbocycles. The van der Waals surface area contributed by atoms with Crippen LogP contribution >= 0.6 is 0 Å². The smallest absolute Gasteiger partial charge is 0.181 e. The number of hydrogen-bond donors (Lipinski definition) is 2. The Kier molecular flexibility index (Phi) is 2.85. The third kappa shape index (κ3) is 2.02. The summed E-state index contributed by atoms with van der Waals surface area (Å²) >= 11 is 0. The number of nitrogens with zero attached hydrogens (tertiary/aromatic N) is 2. The number of fused-ring (bicyclic) bond motifs is 1. The third-order valence-corrected chi connectivity index (χ3v) is 2.71. The van der Waals surface area contributed by atoms with Crippen molar-refractivity contribution in [3.05, 3.63) is 24.0 Å². The van der Waals surface area contributed by atoms with Crippen LogP contribution in [-0.2, 0) is 6.42 Å². The Morgan fingerprint density at radius 1 is 1.22 bits per heavy atom. The molecule has 94 valence electrons. The lowest BCUT2D eigenvalue weighted by atomic mass is 10.2. The van der Waals surface area contributed by atoms with Crippen molar-refractivity contribution in [2.45, 2.75) is 6.42 Å². The van der Waals surface area contributed by atoms with Gasteiger partial charge >= 0.3 is 0 Å². The first-order valence-electron chi connectivity index (χ1n) is 5.88. The molecule has 3 N–H and O–H groups in total. The summed E-state index contributed by atoms with van der Waals surface area (Å²) in [7, 11) is 0. The quantitative estimate of drug-likeness (QED) is 0.834. The normalized spacial score (nSPS) is 13.6. The monoisotopic (exact) mass is 246 g/mol. The Bertz CT molecular complexity index is 553. The number of hydrogen-bond acceptors (Lipinski definition) is 5. The molecule has 0 amide bonds. The lowest BCUT2D eigenvalue weighted by Gasteiger charge is -2.18. The van der Waals surface area contributed by atoms with E-state index in [1.165, 1.54) is 0 Å². The van der Waals surface area contributed by atoms with Crippen LogP contribution in [0.4, 0.5) is 0 Å². The van der Waals surface area contributed by atoms with Gasteiger partial charge in [-0.05, 0) is 24.7 Å². The molecular weight excluding hydrogens is 232 g/mol. The lowest BCUT2D eigenvalue weighted by molar-refractivity contribution is 0.171. The van der Waals surface area contributed by atoms with Crippen LogP contribution in [0.2, 0.25) is 0 Å². The van der Waals surface area contributed by atoms with Crippen LogP contribution in [0.25, 0.3) is 11.4 Å². The first kappa shape index (κ1) is 11.0. The summed E-state index contributed by atoms with van der Waals surface area (Å²) in [4.78, 5) is 4.38. The number of nitrogens with one attached hydrogen (secondary N) is 1. The zero-order chi connectivity index (χ0) is 12.4. The van der Waals surface area contributed by atoms with Crippen molar-refractivity contribution in [1.82, 2.24) is 15.2 Å². The Labute approximate surface area is 104 Å². The zero-order valence-electron chi connectivity index (χ0n) is 9.85. The molecule has 0 unspecified atom stereocenters. The highest BCUT2D eigenvalue weighted by Crippen LogP contribution is 2.33. The van der Waals surface area contributed by atoms with E-state index in [2.05, 4.69) is 15.2 Å². The molecule has 18 heavy (non-hydrogen) atoms. The number of H-pyrrole nitrogens is 1. The second-order valence-corrected chi connectivity index (χ2v) is 4.00. The molecule has 0 aliphatic carbocycles. The largest absolute Gasteiger partial charge is 0.486 e. The summed E-state index contributed by atoms with van der Waals surface area (Å²) in [5, 5.41) is 7.04. The van der Waals surface area contributed by atoms with Crippen LogP contribution < -0.4 is 15.2 Å². The predicted molar refractivity (Wildman–Crippen MR) is 65.6 cm³/mol. The Balaban J connectivity index is 1.91. The molecule has 3 rings (SSSR count). The van der Waals surface area contributed by atoms with Crippen LogP contribution in [0.3, 0.4) is 0 Å². The van der Waals surface area contributed by atoms with Crippen molar-refractivity contribution in [3.8, 4) is 22.9 Å². The van der Waals surface area contributed by atoms with Gasteiger partial charge in [0.15, 0.2) is 17.3 Å². The molecule has 1 aliphatic rings. The molecule has 0 fully saturated rings. The molecule has 0 saturated heterocycles. The topological polar surface area (TPSA) is 86.1 Å². The maximum Gasteiger partial charge on any atom is 0.181 e. The average molecular weight is 246 g/mol. The first-order valence-corrected chi connectivity index (χ1v) is 5.88. The minimum absolute atomic E-state index is 0.551. The highest BCUT2D eigenvalue weighted by molar-refractivity contribution is 5.61. The van der Waals surface area contributed by atoms with E-state index < -0.39 is 0 Å². The SMILES string of the molecule is NCCc1nc(-c2ccc3c(c2)OCCO3)n[nH]1. The van der Waals surface area contributed by atoms with Gasteiger partial charge in [0.2, 0.25) is 0 Å². The van der Waals surface area contributed by atoms with E-state index in [4.69, 9.17) is 15.2 Å². The number of nitrogens with two attached hydrogens (primary N) is 1. The van der Waals surface area contributed by atoms with E-state index in [0.29, 0.717) is 32.0 Å². The standard InChI is InChI=1S/C12H14N4O2/c13-4-3-11-14-12(16-15-11)8-1-2-9-10(7-8)18-6-5-17-9/h1-2,7H,3-6,13H2,(H,14,15,16). The summed E-state index contributed by atoms with van der Waals surface area (Å²) in [5.74, 6) is 2.95. The number of rotatable bonds is 3. The van der Waals surface area contributed by atoms with Crippen LogP contribution in [0.1, 0.15) is 5.82 Å². The fraction of sp³-hybridized carbons (Fsp3) is 0.333. The van der Waals surface area contributed by atoms with Crippen LogP contribution in [0, 0.1) is 0 Å². The van der Waals surface area contributed by atoms with E-state index in [-0.39, 0.29) is 0 Å². The Hall–Kier alpha value is -2.08. The van der Waals surface area contributed by atoms with Crippen LogP contribution in [0.5, 0.6) is 11.5 Å². The molecular formula is C12H14N4O2. The van der Waals surface area contributed by atoms with Crippen molar-refractivity contribution in [1.29, 1.82) is 0 Å². The number of benzene rings is 1. The van der Waals surface area contributed by atoms with Gasteiger partial charge in [0.25, 0.3) is 0 Å². The van der Waals surface area contributed by atoms with Gasteiger partial charge in [-0.3, -0.25) is 5.10 Å². The summed E-state index contributed by atoms with van der Waals surface area (Å²) in [6.45, 7) is 1.71. The van der Waals surface area contributed by atoms with Crippen molar-refractivity contribution < 1.29 is 9.47 Å². The molecule has 0 spiro atoms. The van der Waals surface area contributed by atoms with Crippen LogP contribution in [-0.4, -0.2) is 34.9 Å². The maximum absolute atomic E-state index is 5.53. The number of ether oxygens (including phenoxy) is 2. The third-order valence-electron chi connectivity index (χ3n) is 2.71. The summed E-state index contributed by atoms with van der Waals surface area (Å²) in [6.07, 6.45) is 0.692. The number of aromatic amines is 1. The molecule has 0 atom stereocenters. The second kappa shape index (κ2) is 4.66. The highest BCUT2D eigenvalue weighted by Gasteiger charge is 2.14. The van der Waals surface area contributed by atoms with Crippen molar-refractivity contribution >= 4 is 0 Å². The van der Waals surface area contributed by atoms with E-state index in [1.54, 1.807) is 0 Å². The van der Waals surface area contributed by atoms with Crippen molar-refractivity contribution in [2.24, 2.45) is 5.73 Å². The maximum atomic E-state index is 5.53. The highest BCUT2D eigenvalue weighted by atomic mass is 16.6. The van der Waals surface area contributed by atoms with E-state index >= 15 is 0 Å². The van der Waals surface area contributed by atoms with E-state index in [9.17, 15) is 0 Å². The summed E-state index contributed by atoms with van der Waals surface area (Å²) in [6, 6.07) is 5.69. The minimum Gasteiger partial charge on any atom is -0.486 e. The van der Waals surface area contributed by atoms with Gasteiger partial charge < -0.3 is 15.2 Å². The molecule has 0 radical (unpaired) electrons. The van der Waals surface area contributed by atoms with Crippen molar-refractivity contribution in [3.63, 3.8) is 0 Å². The minimum atomic E-state index is 0.551. The molecule has 0 bridgehead atoms. The van der Waals surface area contributed by atoms with Crippen molar-refractivity contribution in [2.75, 3.05) is 19.8 Å². The molecule has 6 heteroatoms. The van der Waals surface area contributed by atoms with Gasteiger partial charge in [-0.15, -0.1) is 0 Å². The Morgan fingerprint density at radius 3 is 2.89 bits per heavy atom. The molecule has 1 aliphatic heterocycles. The molecule has 2 aromatic rings. The first-order chi connectivity index (χ1) is 8.86. The van der Waals surface area contributed by atoms with Gasteiger partial charge in [-0.2, -0.15) is 5.10 Å². The fourth-order valence-electron chi connectivity index (χ4n) is 1.86. The molecule has 0 saturated carbocycles. The molecule has 2 heterocycles. The van der Waals surface area contributed by atoms with Gasteiger partial charge in [-0.1, -0.05) is 0 Å². The Morgan fingerprint density at radius 2 is 2.06 bits per heavy atom.